The minimum absolute atomic E-state index is 0.144. The Kier molecular flexibility index (Phi) is 6.35. The van der Waals surface area contributed by atoms with Crippen molar-refractivity contribution in [1.82, 2.24) is 19.9 Å². The quantitative estimate of drug-likeness (QED) is 0.240. The smallest absolute Gasteiger partial charge is 0.416 e. The molecular weight excluding hydrogens is 501 g/mol. The zero-order chi connectivity index (χ0) is 27.0. The van der Waals surface area contributed by atoms with Crippen LogP contribution in [-0.2, 0) is 12.7 Å². The van der Waals surface area contributed by atoms with Crippen molar-refractivity contribution in [3.8, 4) is 28.1 Å². The molecule has 0 saturated carbocycles. The van der Waals surface area contributed by atoms with Crippen LogP contribution in [0.25, 0.3) is 33.4 Å². The average Bonchev–Trinajstić information content (AvgIpc) is 3.34. The number of fused-ring (bicyclic) bond motifs is 1. The number of hydrogen-bond donors (Lipinski definition) is 1. The summed E-state index contributed by atoms with van der Waals surface area (Å²) in [6.07, 6.45) is 1.50. The second-order valence-electron chi connectivity index (χ2n) is 10.2. The Hall–Kier alpha value is -4.17. The summed E-state index contributed by atoms with van der Waals surface area (Å²) in [5, 5.41) is 0. The van der Waals surface area contributed by atoms with Crippen molar-refractivity contribution in [3.63, 3.8) is 0 Å². The number of pyridine rings is 2. The van der Waals surface area contributed by atoms with Gasteiger partial charge in [0.2, 0.25) is 0 Å². The van der Waals surface area contributed by atoms with Crippen LogP contribution in [0, 0.1) is 0 Å². The lowest BCUT2D eigenvalue weighted by atomic mass is 9.87. The molecule has 1 aliphatic heterocycles. The topological polar surface area (TPSA) is 54.0 Å². The molecule has 5 aromatic rings. The second kappa shape index (κ2) is 9.85. The molecule has 1 unspecified atom stereocenters. The fourth-order valence-electron chi connectivity index (χ4n) is 5.18. The first-order valence-corrected chi connectivity index (χ1v) is 12.8. The van der Waals surface area contributed by atoms with Gasteiger partial charge in [-0.3, -0.25) is 14.9 Å². The number of H-pyrrole nitrogens is 1. The van der Waals surface area contributed by atoms with Crippen molar-refractivity contribution >= 4 is 11.0 Å². The van der Waals surface area contributed by atoms with E-state index in [4.69, 9.17) is 4.74 Å². The summed E-state index contributed by atoms with van der Waals surface area (Å²) >= 11 is 0. The summed E-state index contributed by atoms with van der Waals surface area (Å²) in [4.78, 5) is 14.6. The van der Waals surface area contributed by atoms with E-state index in [9.17, 15) is 13.2 Å². The van der Waals surface area contributed by atoms with Crippen molar-refractivity contribution in [2.45, 2.75) is 31.6 Å². The minimum Gasteiger partial charge on any atom is -0.489 e. The molecule has 6 rings (SSSR count). The third-order valence-corrected chi connectivity index (χ3v) is 7.53. The van der Waals surface area contributed by atoms with Crippen LogP contribution in [0.15, 0.2) is 91.4 Å². The Labute approximate surface area is 224 Å². The monoisotopic (exact) mass is 528 g/mol. The van der Waals surface area contributed by atoms with E-state index in [1.54, 1.807) is 30.7 Å². The van der Waals surface area contributed by atoms with Gasteiger partial charge in [-0.2, -0.15) is 13.2 Å². The van der Waals surface area contributed by atoms with Crippen molar-refractivity contribution in [1.29, 1.82) is 0 Å². The number of ether oxygens (including phenoxy) is 1. The summed E-state index contributed by atoms with van der Waals surface area (Å²) in [6.45, 7) is 4.47. The van der Waals surface area contributed by atoms with Crippen molar-refractivity contribution in [2.24, 2.45) is 0 Å². The van der Waals surface area contributed by atoms with Crippen LogP contribution in [-0.4, -0.2) is 38.5 Å². The van der Waals surface area contributed by atoms with Crippen LogP contribution >= 0.6 is 0 Å². The Morgan fingerprint density at radius 3 is 2.62 bits per heavy atom. The maximum absolute atomic E-state index is 13.6. The van der Waals surface area contributed by atoms with E-state index in [-0.39, 0.29) is 5.54 Å². The van der Waals surface area contributed by atoms with Gasteiger partial charge >= 0.3 is 6.18 Å². The average molecular weight is 529 g/mol. The van der Waals surface area contributed by atoms with Crippen LogP contribution in [0.2, 0.25) is 0 Å². The van der Waals surface area contributed by atoms with E-state index in [0.717, 1.165) is 31.1 Å². The molecule has 1 aliphatic rings. The highest BCUT2D eigenvalue weighted by atomic mass is 19.4. The van der Waals surface area contributed by atoms with Crippen molar-refractivity contribution in [2.75, 3.05) is 13.2 Å². The summed E-state index contributed by atoms with van der Waals surface area (Å²) in [6, 6.07) is 21.2. The molecule has 1 atom stereocenters. The van der Waals surface area contributed by atoms with Crippen molar-refractivity contribution in [3.05, 3.63) is 103 Å². The molecule has 0 spiro atoms. The molecule has 0 bridgehead atoms. The maximum Gasteiger partial charge on any atom is 0.416 e. The van der Waals surface area contributed by atoms with Gasteiger partial charge in [-0.05, 0) is 54.8 Å². The van der Waals surface area contributed by atoms with Gasteiger partial charge in [0.05, 0.1) is 34.0 Å². The molecule has 0 aliphatic carbocycles. The first-order valence-electron chi connectivity index (χ1n) is 12.8. The lowest BCUT2D eigenvalue weighted by Gasteiger charge is -2.50. The Morgan fingerprint density at radius 2 is 1.85 bits per heavy atom. The Balaban J connectivity index is 1.35. The molecule has 8 heteroatoms. The zero-order valence-corrected chi connectivity index (χ0v) is 21.4. The van der Waals surface area contributed by atoms with Crippen LogP contribution in [0.4, 0.5) is 13.2 Å². The predicted molar refractivity (Wildman–Crippen MR) is 145 cm³/mol. The molecule has 0 radical (unpaired) electrons. The molecule has 5 nitrogen and oxygen atoms in total. The Bertz CT molecular complexity index is 1620. The molecule has 3 aromatic heterocycles. The highest BCUT2D eigenvalue weighted by Gasteiger charge is 2.41. The minimum atomic E-state index is -4.45. The van der Waals surface area contributed by atoms with Gasteiger partial charge in [-0.15, -0.1) is 0 Å². The van der Waals surface area contributed by atoms with Crippen LogP contribution in [0.5, 0.6) is 5.75 Å². The second-order valence-corrected chi connectivity index (χ2v) is 10.2. The van der Waals surface area contributed by atoms with E-state index in [0.29, 0.717) is 40.3 Å². The van der Waals surface area contributed by atoms with E-state index in [1.807, 2.05) is 30.3 Å². The van der Waals surface area contributed by atoms with Gasteiger partial charge in [0.1, 0.15) is 12.4 Å². The number of benzene rings is 2. The van der Waals surface area contributed by atoms with E-state index in [2.05, 4.69) is 38.9 Å². The largest absolute Gasteiger partial charge is 0.489 e. The highest BCUT2D eigenvalue weighted by Crippen LogP contribution is 2.42. The van der Waals surface area contributed by atoms with Gasteiger partial charge in [0.15, 0.2) is 0 Å². The fraction of sp³-hybridized carbons (Fsp3) is 0.226. The number of nitrogens with one attached hydrogen (secondary N) is 1. The molecule has 1 saturated heterocycles. The summed E-state index contributed by atoms with van der Waals surface area (Å²) in [7, 11) is 0. The van der Waals surface area contributed by atoms with Crippen LogP contribution in [0.1, 0.15) is 24.5 Å². The number of aromatic nitrogens is 3. The Morgan fingerprint density at radius 1 is 1.00 bits per heavy atom. The SMILES string of the molecule is CC1(COc2cnccc2-c2[nH]c3cccnc3c2-c2cccc(C(F)(F)F)c2)CCN1Cc1ccccc1. The predicted octanol–water partition coefficient (Wildman–Crippen LogP) is 7.35. The molecule has 1 fully saturated rings. The zero-order valence-electron chi connectivity index (χ0n) is 21.4. The van der Waals surface area contributed by atoms with Gasteiger partial charge < -0.3 is 9.72 Å². The molecule has 2 aromatic carbocycles. The lowest BCUT2D eigenvalue weighted by molar-refractivity contribution is -0.137. The van der Waals surface area contributed by atoms with E-state index in [1.165, 1.54) is 17.7 Å². The molecular formula is C31H27F3N4O. The van der Waals surface area contributed by atoms with Crippen LogP contribution in [0.3, 0.4) is 0 Å². The van der Waals surface area contributed by atoms with Gasteiger partial charge in [0, 0.05) is 36.6 Å². The fourth-order valence-corrected chi connectivity index (χ4v) is 5.18. The molecule has 198 valence electrons. The summed E-state index contributed by atoms with van der Waals surface area (Å²) < 4.78 is 47.1. The van der Waals surface area contributed by atoms with E-state index >= 15 is 0 Å². The maximum atomic E-state index is 13.6. The number of hydrogen-bond acceptors (Lipinski definition) is 4. The number of halogens is 3. The van der Waals surface area contributed by atoms with Crippen LogP contribution < -0.4 is 4.74 Å². The van der Waals surface area contributed by atoms with Crippen molar-refractivity contribution < 1.29 is 17.9 Å². The number of aromatic amines is 1. The lowest BCUT2D eigenvalue weighted by Crippen LogP contribution is -2.60. The highest BCUT2D eigenvalue weighted by molar-refractivity contribution is 6.02. The standard InChI is InChI=1S/C31H27F3N4O/c1-30(13-16-38(30)19-21-7-3-2-4-8-21)20-39-26-18-35-15-12-24(26)28-27(29-25(37-28)11-6-14-36-29)22-9-5-10-23(17-22)31(32,33)34/h2-12,14-15,17-18,37H,13,16,19-20H2,1H3. The number of nitrogens with zero attached hydrogens (tertiary/aromatic N) is 3. The number of likely N-dealkylation sites (tertiary alicyclic amines) is 1. The first kappa shape index (κ1) is 25.1. The normalized spacial score (nSPS) is 17.7. The molecule has 1 N–H and O–H groups in total. The number of rotatable bonds is 7. The first-order chi connectivity index (χ1) is 18.8. The third-order valence-electron chi connectivity index (χ3n) is 7.53. The van der Waals surface area contributed by atoms with E-state index < -0.39 is 11.7 Å². The third kappa shape index (κ3) is 4.88. The molecule has 4 heterocycles. The molecule has 39 heavy (non-hydrogen) atoms. The summed E-state index contributed by atoms with van der Waals surface area (Å²) in [5.74, 6) is 0.560. The van der Waals surface area contributed by atoms with Gasteiger partial charge in [-0.1, -0.05) is 42.5 Å². The van der Waals surface area contributed by atoms with Gasteiger partial charge in [-0.25, -0.2) is 0 Å². The number of alkyl halides is 3. The summed E-state index contributed by atoms with van der Waals surface area (Å²) in [5.41, 5.74) is 4.08. The van der Waals surface area contributed by atoms with Gasteiger partial charge in [0.25, 0.3) is 0 Å². The molecule has 0 amide bonds.